The number of anilines is 1. The van der Waals surface area contributed by atoms with Gasteiger partial charge in [0.05, 0.1) is 5.52 Å². The number of nitrogens with zero attached hydrogens (tertiary/aromatic N) is 2. The van der Waals surface area contributed by atoms with Crippen LogP contribution in [0.2, 0.25) is 0 Å². The Morgan fingerprint density at radius 1 is 1.06 bits per heavy atom. The molecule has 0 bridgehead atoms. The van der Waals surface area contributed by atoms with E-state index in [1.54, 1.807) is 0 Å². The Labute approximate surface area is 182 Å². The molecule has 1 N–H and O–H groups in total. The van der Waals surface area contributed by atoms with Crippen LogP contribution in [0.4, 0.5) is 5.69 Å². The van der Waals surface area contributed by atoms with E-state index < -0.39 is 0 Å². The van der Waals surface area contributed by atoms with Crippen molar-refractivity contribution in [1.29, 1.82) is 0 Å². The van der Waals surface area contributed by atoms with Crippen molar-refractivity contribution in [3.63, 3.8) is 0 Å². The number of benzene rings is 2. The first-order chi connectivity index (χ1) is 15.2. The van der Waals surface area contributed by atoms with E-state index in [-0.39, 0.29) is 11.8 Å². The zero-order valence-corrected chi connectivity index (χ0v) is 17.9. The van der Waals surface area contributed by atoms with E-state index in [2.05, 4.69) is 35.0 Å². The van der Waals surface area contributed by atoms with Crippen LogP contribution in [0.15, 0.2) is 48.7 Å². The summed E-state index contributed by atoms with van der Waals surface area (Å²) in [6.07, 6.45) is 8.27. The number of rotatable bonds is 4. The molecule has 158 valence electrons. The highest BCUT2D eigenvalue weighted by Crippen LogP contribution is 2.35. The molecule has 1 fully saturated rings. The summed E-state index contributed by atoms with van der Waals surface area (Å²) in [5.41, 5.74) is 5.71. The number of nitrogens with one attached hydrogen (secondary N) is 1. The number of hydrogen-bond acceptors (Lipinski definition) is 2. The highest BCUT2D eigenvalue weighted by Gasteiger charge is 2.25. The average Bonchev–Trinajstić information content (AvgIpc) is 3.31. The molecule has 5 rings (SSSR count). The van der Waals surface area contributed by atoms with Gasteiger partial charge in [-0.15, -0.1) is 0 Å². The first-order valence-electron chi connectivity index (χ1n) is 11.2. The summed E-state index contributed by atoms with van der Waals surface area (Å²) in [5.74, 6) is 0.0869. The number of carbonyl (C=O) groups is 2. The summed E-state index contributed by atoms with van der Waals surface area (Å²) < 4.78 is 2.08. The Balaban J connectivity index is 1.58. The Bertz CT molecular complexity index is 1200. The molecule has 3 heterocycles. The maximum atomic E-state index is 13.0. The molecule has 0 aliphatic carbocycles. The Morgan fingerprint density at radius 2 is 1.87 bits per heavy atom. The van der Waals surface area contributed by atoms with Gasteiger partial charge in [0.25, 0.3) is 5.91 Å². The normalized spacial score (nSPS) is 17.3. The monoisotopic (exact) mass is 413 g/mol. The van der Waals surface area contributed by atoms with E-state index >= 15 is 0 Å². The second-order valence-corrected chi connectivity index (χ2v) is 8.38. The van der Waals surface area contributed by atoms with Crippen molar-refractivity contribution in [2.75, 3.05) is 18.4 Å². The van der Waals surface area contributed by atoms with Gasteiger partial charge < -0.3 is 14.8 Å². The molecule has 31 heavy (non-hydrogen) atoms. The molecule has 5 heteroatoms. The Hall–Kier alpha value is -3.34. The number of aryl methyl sites for hydroxylation is 1. The Kier molecular flexibility index (Phi) is 5.10. The van der Waals surface area contributed by atoms with Crippen LogP contribution in [-0.4, -0.2) is 34.4 Å². The lowest BCUT2D eigenvalue weighted by atomic mass is 10.0. The quantitative estimate of drug-likeness (QED) is 0.630. The van der Waals surface area contributed by atoms with Crippen LogP contribution in [0.5, 0.6) is 0 Å². The largest absolute Gasteiger partial charge is 0.341 e. The average molecular weight is 414 g/mol. The molecule has 0 atom stereocenters. The third kappa shape index (κ3) is 3.54. The summed E-state index contributed by atoms with van der Waals surface area (Å²) in [4.78, 5) is 27.6. The highest BCUT2D eigenvalue weighted by atomic mass is 16.2. The molecular weight excluding hydrogens is 386 g/mol. The van der Waals surface area contributed by atoms with E-state index in [9.17, 15) is 9.59 Å². The van der Waals surface area contributed by atoms with Crippen molar-refractivity contribution >= 4 is 40.1 Å². The van der Waals surface area contributed by atoms with E-state index in [1.807, 2.05) is 41.4 Å². The van der Waals surface area contributed by atoms with Gasteiger partial charge in [0.15, 0.2) is 0 Å². The lowest BCUT2D eigenvalue weighted by Crippen LogP contribution is -2.37. The maximum Gasteiger partial charge on any atom is 0.256 e. The summed E-state index contributed by atoms with van der Waals surface area (Å²) in [6.45, 7) is 4.18. The van der Waals surface area contributed by atoms with Crippen molar-refractivity contribution < 1.29 is 9.59 Å². The smallest absolute Gasteiger partial charge is 0.256 e. The first kappa shape index (κ1) is 19.6. The van der Waals surface area contributed by atoms with E-state index in [0.29, 0.717) is 12.1 Å². The SMILES string of the molecule is CCc1cccc2c(/C=C3/C(=O)Nc4ccccc43)cn(CC(=O)N3CCCCC3)c12. The number of para-hydroxylation sites is 2. The molecular formula is C26H27N3O2. The number of amides is 2. The van der Waals surface area contributed by atoms with Crippen LogP contribution in [0, 0.1) is 0 Å². The van der Waals surface area contributed by atoms with Crippen molar-refractivity contribution in [1.82, 2.24) is 9.47 Å². The molecule has 2 aliphatic heterocycles. The number of carbonyl (C=O) groups excluding carboxylic acids is 2. The van der Waals surface area contributed by atoms with Crippen molar-refractivity contribution in [3.05, 3.63) is 65.4 Å². The van der Waals surface area contributed by atoms with Gasteiger partial charge in [-0.1, -0.05) is 43.3 Å². The number of likely N-dealkylation sites (tertiary alicyclic amines) is 1. The van der Waals surface area contributed by atoms with Gasteiger partial charge in [0.2, 0.25) is 5.91 Å². The molecule has 2 aliphatic rings. The van der Waals surface area contributed by atoms with Gasteiger partial charge in [-0.3, -0.25) is 9.59 Å². The standard InChI is InChI=1S/C26H27N3O2/c1-2-18-9-8-11-20-19(15-22-21-10-4-5-12-23(21)27-26(22)31)16-29(25(18)20)17-24(30)28-13-6-3-7-14-28/h4-5,8-12,15-16H,2-3,6-7,13-14,17H2,1H3,(H,27,31)/b22-15+. The van der Waals surface area contributed by atoms with Crippen molar-refractivity contribution in [2.45, 2.75) is 39.2 Å². The maximum absolute atomic E-state index is 13.0. The third-order valence-electron chi connectivity index (χ3n) is 6.42. The molecule has 3 aromatic rings. The van der Waals surface area contributed by atoms with Crippen LogP contribution in [-0.2, 0) is 22.6 Å². The molecule has 0 saturated carbocycles. The van der Waals surface area contributed by atoms with Gasteiger partial charge in [-0.2, -0.15) is 0 Å². The lowest BCUT2D eigenvalue weighted by Gasteiger charge is -2.27. The van der Waals surface area contributed by atoms with E-state index in [4.69, 9.17) is 0 Å². The number of hydrogen-bond donors (Lipinski definition) is 1. The molecule has 0 spiro atoms. The summed E-state index contributed by atoms with van der Waals surface area (Å²) in [7, 11) is 0. The number of aromatic nitrogens is 1. The number of fused-ring (bicyclic) bond motifs is 2. The van der Waals surface area contributed by atoms with Crippen LogP contribution in [0.25, 0.3) is 22.6 Å². The minimum absolute atomic E-state index is 0.0851. The van der Waals surface area contributed by atoms with Gasteiger partial charge in [0.1, 0.15) is 6.54 Å². The van der Waals surface area contributed by atoms with Crippen LogP contribution in [0.3, 0.4) is 0 Å². The minimum atomic E-state index is -0.0851. The molecule has 2 aromatic carbocycles. The van der Waals surface area contributed by atoms with Gasteiger partial charge in [-0.05, 0) is 43.4 Å². The summed E-state index contributed by atoms with van der Waals surface area (Å²) in [6, 6.07) is 14.0. The van der Waals surface area contributed by atoms with Crippen LogP contribution < -0.4 is 5.32 Å². The van der Waals surface area contributed by atoms with Gasteiger partial charge in [0, 0.05) is 47.1 Å². The highest BCUT2D eigenvalue weighted by molar-refractivity contribution is 6.35. The number of piperidine rings is 1. The predicted octanol–water partition coefficient (Wildman–Crippen LogP) is 4.71. The molecule has 0 radical (unpaired) electrons. The van der Waals surface area contributed by atoms with E-state index in [0.717, 1.165) is 60.1 Å². The lowest BCUT2D eigenvalue weighted by molar-refractivity contribution is -0.132. The molecule has 2 amide bonds. The summed E-state index contributed by atoms with van der Waals surface area (Å²) in [5, 5.41) is 4.02. The molecule has 0 unspecified atom stereocenters. The first-order valence-corrected chi connectivity index (χ1v) is 11.2. The molecule has 5 nitrogen and oxygen atoms in total. The second-order valence-electron chi connectivity index (χ2n) is 8.38. The Morgan fingerprint density at radius 3 is 2.68 bits per heavy atom. The summed E-state index contributed by atoms with van der Waals surface area (Å²) >= 11 is 0. The fraction of sp³-hybridized carbons (Fsp3) is 0.308. The topological polar surface area (TPSA) is 54.3 Å². The second kappa shape index (κ2) is 8.06. The predicted molar refractivity (Wildman–Crippen MR) is 125 cm³/mol. The molecule has 1 saturated heterocycles. The fourth-order valence-electron chi connectivity index (χ4n) is 4.82. The third-order valence-corrected chi connectivity index (χ3v) is 6.42. The van der Waals surface area contributed by atoms with Crippen molar-refractivity contribution in [3.8, 4) is 0 Å². The van der Waals surface area contributed by atoms with Crippen molar-refractivity contribution in [2.24, 2.45) is 0 Å². The zero-order chi connectivity index (χ0) is 21.4. The minimum Gasteiger partial charge on any atom is -0.341 e. The van der Waals surface area contributed by atoms with Gasteiger partial charge >= 0.3 is 0 Å². The van der Waals surface area contributed by atoms with Gasteiger partial charge in [-0.25, -0.2) is 0 Å². The zero-order valence-electron chi connectivity index (χ0n) is 17.9. The van der Waals surface area contributed by atoms with Crippen LogP contribution >= 0.6 is 0 Å². The van der Waals surface area contributed by atoms with E-state index in [1.165, 1.54) is 12.0 Å². The molecule has 1 aromatic heterocycles. The fourth-order valence-corrected chi connectivity index (χ4v) is 4.82. The van der Waals surface area contributed by atoms with Crippen LogP contribution in [0.1, 0.15) is 42.9 Å².